The molecule has 0 saturated carbocycles. The van der Waals surface area contributed by atoms with Gasteiger partial charge in [-0.1, -0.05) is 19.8 Å². The number of unbranched alkanes of at least 4 members (excludes halogenated alkanes) is 2. The summed E-state index contributed by atoms with van der Waals surface area (Å²) in [5.74, 6) is -0.483. The van der Waals surface area contributed by atoms with Gasteiger partial charge in [0.25, 0.3) is 0 Å². The summed E-state index contributed by atoms with van der Waals surface area (Å²) in [7, 11) is 0. The second-order valence-electron chi connectivity index (χ2n) is 5.28. The van der Waals surface area contributed by atoms with E-state index in [0.29, 0.717) is 6.61 Å². The molecule has 0 radical (unpaired) electrons. The van der Waals surface area contributed by atoms with E-state index in [-0.39, 0.29) is 17.1 Å². The molecule has 0 aliphatic carbocycles. The molecule has 0 heterocycles. The highest BCUT2D eigenvalue weighted by molar-refractivity contribution is 5.91. The average Bonchev–Trinajstić information content (AvgIpc) is 2.61. The molecule has 0 saturated heterocycles. The molecule has 0 bridgehead atoms. The highest BCUT2D eigenvalue weighted by atomic mass is 19.1. The van der Waals surface area contributed by atoms with Crippen LogP contribution < -0.4 is 9.47 Å². The first-order chi connectivity index (χ1) is 12.1. The fourth-order valence-electron chi connectivity index (χ4n) is 1.96. The Morgan fingerprint density at radius 2 is 1.48 bits per heavy atom. The lowest BCUT2D eigenvalue weighted by atomic mass is 10.2. The van der Waals surface area contributed by atoms with Crippen LogP contribution in [-0.2, 0) is 4.74 Å². The fourth-order valence-corrected chi connectivity index (χ4v) is 1.96. The summed E-state index contributed by atoms with van der Waals surface area (Å²) in [6.45, 7) is 2.38. The molecule has 0 spiro atoms. The van der Waals surface area contributed by atoms with Gasteiger partial charge in [-0.2, -0.15) is 0 Å². The first-order valence-corrected chi connectivity index (χ1v) is 8.01. The number of rotatable bonds is 7. The Morgan fingerprint density at radius 1 is 0.880 bits per heavy atom. The molecular weight excluding hydrogens is 327 g/mol. The number of esters is 1. The molecule has 0 amide bonds. The van der Waals surface area contributed by atoms with Crippen LogP contribution in [0.3, 0.4) is 0 Å². The van der Waals surface area contributed by atoms with Crippen LogP contribution in [0.2, 0.25) is 0 Å². The van der Waals surface area contributed by atoms with E-state index >= 15 is 0 Å². The number of halogens is 1. The highest BCUT2D eigenvalue weighted by Crippen LogP contribution is 2.19. The molecule has 0 fully saturated rings. The molecule has 0 aromatic heterocycles. The van der Waals surface area contributed by atoms with Crippen molar-refractivity contribution in [1.29, 1.82) is 0 Å². The van der Waals surface area contributed by atoms with Gasteiger partial charge in [-0.05, 0) is 55.0 Å². The zero-order valence-electron chi connectivity index (χ0n) is 13.9. The summed E-state index contributed by atoms with van der Waals surface area (Å²) < 4.78 is 27.9. The first kappa shape index (κ1) is 18.4. The molecule has 0 unspecified atom stereocenters. The Bertz CT molecular complexity index is 695. The molecule has 2 rings (SSSR count). The predicted molar refractivity (Wildman–Crippen MR) is 89.3 cm³/mol. The minimum absolute atomic E-state index is 0.234. The summed E-state index contributed by atoms with van der Waals surface area (Å²) in [6.07, 6.45) is 2.05. The van der Waals surface area contributed by atoms with Crippen molar-refractivity contribution in [2.24, 2.45) is 0 Å². The van der Waals surface area contributed by atoms with Gasteiger partial charge >= 0.3 is 12.1 Å². The van der Waals surface area contributed by atoms with Crippen LogP contribution in [0.4, 0.5) is 9.18 Å². The molecule has 132 valence electrons. The summed E-state index contributed by atoms with van der Waals surface area (Å²) in [5.41, 5.74) is 0.234. The van der Waals surface area contributed by atoms with Crippen LogP contribution in [0.25, 0.3) is 0 Å². The molecule has 2 aromatic carbocycles. The number of hydrogen-bond donors (Lipinski definition) is 0. The Morgan fingerprint density at radius 3 is 2.08 bits per heavy atom. The van der Waals surface area contributed by atoms with Gasteiger partial charge in [-0.15, -0.1) is 0 Å². The number of hydrogen-bond acceptors (Lipinski definition) is 5. The second kappa shape index (κ2) is 9.42. The van der Waals surface area contributed by atoms with Crippen LogP contribution >= 0.6 is 0 Å². The third kappa shape index (κ3) is 6.25. The van der Waals surface area contributed by atoms with Gasteiger partial charge in [0, 0.05) is 0 Å². The minimum atomic E-state index is -0.771. The van der Waals surface area contributed by atoms with Gasteiger partial charge in [0.2, 0.25) is 0 Å². The van der Waals surface area contributed by atoms with Crippen molar-refractivity contribution in [3.63, 3.8) is 0 Å². The maximum Gasteiger partial charge on any atom is 0.513 e. The van der Waals surface area contributed by atoms with Gasteiger partial charge in [-0.25, -0.2) is 14.0 Å². The lowest BCUT2D eigenvalue weighted by molar-refractivity contribution is 0.0733. The fraction of sp³-hybridized carbons (Fsp3) is 0.263. The third-order valence-corrected chi connectivity index (χ3v) is 3.28. The van der Waals surface area contributed by atoms with E-state index in [0.717, 1.165) is 19.3 Å². The SMILES string of the molecule is CCCCCOC(=O)Oc1ccc(OC(=O)c2ccc(F)cc2)cc1. The molecule has 5 nitrogen and oxygen atoms in total. The number of carbonyl (C=O) groups is 2. The molecule has 6 heteroatoms. The van der Waals surface area contributed by atoms with E-state index in [9.17, 15) is 14.0 Å². The van der Waals surface area contributed by atoms with Crippen LogP contribution in [0.1, 0.15) is 36.5 Å². The van der Waals surface area contributed by atoms with E-state index in [1.807, 2.05) is 0 Å². The summed E-state index contributed by atoms with van der Waals surface area (Å²) in [6, 6.07) is 11.0. The van der Waals surface area contributed by atoms with Crippen LogP contribution in [-0.4, -0.2) is 18.7 Å². The number of benzene rings is 2. The Labute approximate surface area is 145 Å². The van der Waals surface area contributed by atoms with Crippen molar-refractivity contribution in [2.45, 2.75) is 26.2 Å². The number of ether oxygens (including phenoxy) is 3. The lowest BCUT2D eigenvalue weighted by Gasteiger charge is -2.07. The van der Waals surface area contributed by atoms with Crippen molar-refractivity contribution in [1.82, 2.24) is 0 Å². The van der Waals surface area contributed by atoms with E-state index in [1.165, 1.54) is 48.5 Å². The Hall–Kier alpha value is -2.89. The van der Waals surface area contributed by atoms with E-state index in [1.54, 1.807) is 0 Å². The minimum Gasteiger partial charge on any atom is -0.434 e. The predicted octanol–water partition coefficient (Wildman–Crippen LogP) is 4.75. The molecule has 0 atom stereocenters. The summed E-state index contributed by atoms with van der Waals surface area (Å²) >= 11 is 0. The summed E-state index contributed by atoms with van der Waals surface area (Å²) in [5, 5.41) is 0. The van der Waals surface area contributed by atoms with Crippen molar-refractivity contribution < 1.29 is 28.2 Å². The van der Waals surface area contributed by atoms with Crippen molar-refractivity contribution in [2.75, 3.05) is 6.61 Å². The number of carbonyl (C=O) groups excluding carboxylic acids is 2. The molecule has 0 aliphatic heterocycles. The van der Waals surface area contributed by atoms with Gasteiger partial charge in [-0.3, -0.25) is 0 Å². The zero-order valence-corrected chi connectivity index (χ0v) is 13.9. The average molecular weight is 346 g/mol. The van der Waals surface area contributed by atoms with E-state index < -0.39 is 17.9 Å². The molecule has 2 aromatic rings. The smallest absolute Gasteiger partial charge is 0.434 e. The second-order valence-corrected chi connectivity index (χ2v) is 5.28. The quantitative estimate of drug-likeness (QED) is 0.313. The maximum absolute atomic E-state index is 12.8. The van der Waals surface area contributed by atoms with Crippen molar-refractivity contribution in [3.05, 3.63) is 59.9 Å². The Balaban J connectivity index is 1.84. The molecule has 0 N–H and O–H groups in total. The zero-order chi connectivity index (χ0) is 18.1. The largest absolute Gasteiger partial charge is 0.513 e. The first-order valence-electron chi connectivity index (χ1n) is 8.01. The topological polar surface area (TPSA) is 61.8 Å². The van der Waals surface area contributed by atoms with Crippen molar-refractivity contribution >= 4 is 12.1 Å². The Kier molecular flexibility index (Phi) is 6.95. The normalized spacial score (nSPS) is 10.2. The molecular formula is C19H19FO5. The van der Waals surface area contributed by atoms with Gasteiger partial charge in [0.05, 0.1) is 12.2 Å². The third-order valence-electron chi connectivity index (χ3n) is 3.28. The van der Waals surface area contributed by atoms with Gasteiger partial charge < -0.3 is 14.2 Å². The summed E-state index contributed by atoms with van der Waals surface area (Å²) in [4.78, 5) is 23.4. The van der Waals surface area contributed by atoms with E-state index in [4.69, 9.17) is 14.2 Å². The van der Waals surface area contributed by atoms with Gasteiger partial charge in [0.1, 0.15) is 17.3 Å². The molecule has 25 heavy (non-hydrogen) atoms. The van der Waals surface area contributed by atoms with Crippen LogP contribution in [0.5, 0.6) is 11.5 Å². The van der Waals surface area contributed by atoms with Gasteiger partial charge in [0.15, 0.2) is 0 Å². The maximum atomic E-state index is 12.8. The van der Waals surface area contributed by atoms with Crippen LogP contribution in [0, 0.1) is 5.82 Å². The van der Waals surface area contributed by atoms with E-state index in [2.05, 4.69) is 6.92 Å². The van der Waals surface area contributed by atoms with Crippen molar-refractivity contribution in [3.8, 4) is 11.5 Å². The monoisotopic (exact) mass is 346 g/mol. The molecule has 0 aliphatic rings. The lowest BCUT2D eigenvalue weighted by Crippen LogP contribution is -2.11. The standard InChI is InChI=1S/C19H19FO5/c1-2-3-4-13-23-19(22)25-17-11-9-16(10-12-17)24-18(21)14-5-7-15(20)8-6-14/h5-12H,2-4,13H2,1H3. The van der Waals surface area contributed by atoms with Crippen LogP contribution in [0.15, 0.2) is 48.5 Å². The highest BCUT2D eigenvalue weighted by Gasteiger charge is 2.10.